The summed E-state index contributed by atoms with van der Waals surface area (Å²) in [5, 5.41) is 4.51. The third-order valence-electron chi connectivity index (χ3n) is 7.29. The second kappa shape index (κ2) is 9.18. The second-order valence-electron chi connectivity index (χ2n) is 9.04. The molecule has 178 valence electrons. The summed E-state index contributed by atoms with van der Waals surface area (Å²) in [5.41, 5.74) is 5.77. The summed E-state index contributed by atoms with van der Waals surface area (Å²) in [4.78, 5) is 27.2. The van der Waals surface area contributed by atoms with Gasteiger partial charge in [0.15, 0.2) is 0 Å². The Bertz CT molecular complexity index is 1220. The maximum atomic E-state index is 13.3. The molecule has 1 amide bonds. The van der Waals surface area contributed by atoms with E-state index < -0.39 is 0 Å². The molecule has 1 fully saturated rings. The molecule has 1 saturated heterocycles. The van der Waals surface area contributed by atoms with E-state index in [1.165, 1.54) is 5.56 Å². The van der Waals surface area contributed by atoms with Crippen LogP contribution < -0.4 is 4.74 Å². The van der Waals surface area contributed by atoms with E-state index in [1.807, 2.05) is 24.1 Å². The van der Waals surface area contributed by atoms with Crippen molar-refractivity contribution in [3.05, 3.63) is 53.0 Å². The SMILES string of the molecule is CCN(CC)[C@H]1CCN(C(=O)c2cnn(-c3ncc4c(n3)-c3ccc(OC)cc3CC4)c2C)C1. The number of carbonyl (C=O) groups is 1. The number of rotatable bonds is 6. The normalized spacial score (nSPS) is 17.1. The number of ether oxygens (including phenoxy) is 1. The molecule has 34 heavy (non-hydrogen) atoms. The van der Waals surface area contributed by atoms with Crippen molar-refractivity contribution < 1.29 is 9.53 Å². The lowest BCUT2D eigenvalue weighted by atomic mass is 9.90. The number of aromatic nitrogens is 4. The number of likely N-dealkylation sites (N-methyl/N-ethyl adjacent to an activating group) is 1. The average Bonchev–Trinajstić information content (AvgIpc) is 3.51. The predicted molar refractivity (Wildman–Crippen MR) is 131 cm³/mol. The molecule has 0 bridgehead atoms. The Morgan fingerprint density at radius 1 is 1.18 bits per heavy atom. The monoisotopic (exact) mass is 460 g/mol. The van der Waals surface area contributed by atoms with Crippen LogP contribution in [0.25, 0.3) is 17.2 Å². The summed E-state index contributed by atoms with van der Waals surface area (Å²) >= 11 is 0. The molecule has 2 aromatic heterocycles. The van der Waals surface area contributed by atoms with Gasteiger partial charge in [0.1, 0.15) is 5.75 Å². The molecule has 3 aromatic rings. The zero-order valence-electron chi connectivity index (χ0n) is 20.4. The zero-order chi connectivity index (χ0) is 23.8. The Morgan fingerprint density at radius 2 is 1.97 bits per heavy atom. The topological polar surface area (TPSA) is 76.4 Å². The molecule has 1 aliphatic carbocycles. The lowest BCUT2D eigenvalue weighted by Gasteiger charge is -2.26. The Morgan fingerprint density at radius 3 is 2.74 bits per heavy atom. The molecule has 3 heterocycles. The number of fused-ring (bicyclic) bond motifs is 3. The molecule has 1 atom stereocenters. The van der Waals surface area contributed by atoms with E-state index in [4.69, 9.17) is 9.72 Å². The molecule has 5 rings (SSSR count). The number of nitrogens with zero attached hydrogens (tertiary/aromatic N) is 6. The van der Waals surface area contributed by atoms with Crippen molar-refractivity contribution in [1.82, 2.24) is 29.5 Å². The molecule has 0 N–H and O–H groups in total. The van der Waals surface area contributed by atoms with Crippen LogP contribution in [0.5, 0.6) is 5.75 Å². The van der Waals surface area contributed by atoms with E-state index in [1.54, 1.807) is 18.0 Å². The highest BCUT2D eigenvalue weighted by Crippen LogP contribution is 2.34. The van der Waals surface area contributed by atoms with Crippen LogP contribution in [0.15, 0.2) is 30.6 Å². The van der Waals surface area contributed by atoms with Gasteiger partial charge in [0, 0.05) is 30.9 Å². The maximum absolute atomic E-state index is 13.3. The van der Waals surface area contributed by atoms with E-state index in [2.05, 4.69) is 41.0 Å². The number of carbonyl (C=O) groups excluding carboxylic acids is 1. The summed E-state index contributed by atoms with van der Waals surface area (Å²) in [6.07, 6.45) is 6.39. The summed E-state index contributed by atoms with van der Waals surface area (Å²) in [5.74, 6) is 1.38. The van der Waals surface area contributed by atoms with Crippen molar-refractivity contribution in [1.29, 1.82) is 0 Å². The van der Waals surface area contributed by atoms with E-state index in [9.17, 15) is 4.79 Å². The van der Waals surface area contributed by atoms with E-state index >= 15 is 0 Å². The van der Waals surface area contributed by atoms with Crippen LogP contribution >= 0.6 is 0 Å². The number of benzene rings is 1. The van der Waals surface area contributed by atoms with Gasteiger partial charge in [-0.15, -0.1) is 0 Å². The number of methoxy groups -OCH3 is 1. The molecule has 0 radical (unpaired) electrons. The van der Waals surface area contributed by atoms with Crippen molar-refractivity contribution in [2.24, 2.45) is 0 Å². The van der Waals surface area contributed by atoms with E-state index in [-0.39, 0.29) is 5.91 Å². The molecule has 1 aliphatic heterocycles. The van der Waals surface area contributed by atoms with Crippen molar-refractivity contribution >= 4 is 5.91 Å². The Kier molecular flexibility index (Phi) is 6.08. The number of hydrogen-bond acceptors (Lipinski definition) is 6. The Labute approximate surface area is 200 Å². The lowest BCUT2D eigenvalue weighted by Crippen LogP contribution is -2.38. The molecule has 2 aliphatic rings. The van der Waals surface area contributed by atoms with Crippen molar-refractivity contribution in [2.75, 3.05) is 33.3 Å². The molecular formula is C26H32N6O2. The highest BCUT2D eigenvalue weighted by Gasteiger charge is 2.31. The number of amides is 1. The van der Waals surface area contributed by atoms with E-state index in [0.717, 1.165) is 73.7 Å². The largest absolute Gasteiger partial charge is 0.497 e. The minimum absolute atomic E-state index is 0.0359. The van der Waals surface area contributed by atoms with Crippen molar-refractivity contribution in [3.8, 4) is 23.0 Å². The summed E-state index contributed by atoms with van der Waals surface area (Å²) in [6.45, 7) is 9.82. The minimum Gasteiger partial charge on any atom is -0.497 e. The summed E-state index contributed by atoms with van der Waals surface area (Å²) in [7, 11) is 1.68. The first kappa shape index (κ1) is 22.5. The fourth-order valence-electron chi connectivity index (χ4n) is 5.28. The first-order chi connectivity index (χ1) is 16.5. The molecular weight excluding hydrogens is 428 g/mol. The molecule has 0 saturated carbocycles. The second-order valence-corrected chi connectivity index (χ2v) is 9.04. The highest BCUT2D eigenvalue weighted by atomic mass is 16.5. The van der Waals surface area contributed by atoms with Gasteiger partial charge < -0.3 is 9.64 Å². The van der Waals surface area contributed by atoms with Crippen LogP contribution in [0.3, 0.4) is 0 Å². The molecule has 0 unspecified atom stereocenters. The van der Waals surface area contributed by atoms with Gasteiger partial charge in [-0.3, -0.25) is 9.69 Å². The fourth-order valence-corrected chi connectivity index (χ4v) is 5.28. The van der Waals surface area contributed by atoms with Gasteiger partial charge in [0.2, 0.25) is 0 Å². The fraction of sp³-hybridized carbons (Fsp3) is 0.462. The quantitative estimate of drug-likeness (QED) is 0.562. The third kappa shape index (κ3) is 3.86. The summed E-state index contributed by atoms with van der Waals surface area (Å²) in [6, 6.07) is 6.54. The average molecular weight is 461 g/mol. The molecule has 8 nitrogen and oxygen atoms in total. The number of aryl methyl sites for hydroxylation is 2. The molecule has 8 heteroatoms. The van der Waals surface area contributed by atoms with Gasteiger partial charge >= 0.3 is 0 Å². The Hall–Kier alpha value is -3.26. The lowest BCUT2D eigenvalue weighted by molar-refractivity contribution is 0.0777. The van der Waals surface area contributed by atoms with Crippen LogP contribution in [-0.4, -0.2) is 74.8 Å². The van der Waals surface area contributed by atoms with E-state index in [0.29, 0.717) is 17.6 Å². The van der Waals surface area contributed by atoms with Crippen LogP contribution in [0, 0.1) is 6.92 Å². The van der Waals surface area contributed by atoms with Gasteiger partial charge in [-0.05, 0) is 68.6 Å². The van der Waals surface area contributed by atoms with Gasteiger partial charge in [0.25, 0.3) is 11.9 Å². The van der Waals surface area contributed by atoms with Gasteiger partial charge in [0.05, 0.1) is 30.3 Å². The number of hydrogen-bond donors (Lipinski definition) is 0. The zero-order valence-corrected chi connectivity index (χ0v) is 20.4. The number of likely N-dealkylation sites (tertiary alicyclic amines) is 1. The smallest absolute Gasteiger partial charge is 0.257 e. The van der Waals surface area contributed by atoms with Gasteiger partial charge in [-0.2, -0.15) is 5.10 Å². The van der Waals surface area contributed by atoms with Crippen LogP contribution in [0.2, 0.25) is 0 Å². The van der Waals surface area contributed by atoms with Crippen molar-refractivity contribution in [3.63, 3.8) is 0 Å². The first-order valence-corrected chi connectivity index (χ1v) is 12.2. The summed E-state index contributed by atoms with van der Waals surface area (Å²) < 4.78 is 7.08. The standard InChI is InChI=1S/C26H32N6O2/c1-5-30(6-2)20-11-12-31(16-20)25(33)23-15-28-32(17(23)3)26-27-14-19-8-7-18-13-21(34-4)9-10-22(18)24(19)29-26/h9-10,13-15,20H,5-8,11-12,16H2,1-4H3/t20-/m0/s1. The molecule has 0 spiro atoms. The maximum Gasteiger partial charge on any atom is 0.257 e. The third-order valence-corrected chi connectivity index (χ3v) is 7.29. The molecule has 1 aromatic carbocycles. The van der Waals surface area contributed by atoms with Crippen molar-refractivity contribution in [2.45, 2.75) is 46.1 Å². The minimum atomic E-state index is 0.0359. The van der Waals surface area contributed by atoms with Crippen LogP contribution in [-0.2, 0) is 12.8 Å². The van der Waals surface area contributed by atoms with Crippen LogP contribution in [0.4, 0.5) is 0 Å². The Balaban J connectivity index is 1.41. The van der Waals surface area contributed by atoms with Crippen LogP contribution in [0.1, 0.15) is 47.4 Å². The van der Waals surface area contributed by atoms with Gasteiger partial charge in [-0.25, -0.2) is 14.6 Å². The van der Waals surface area contributed by atoms with Gasteiger partial charge in [-0.1, -0.05) is 13.8 Å². The highest BCUT2D eigenvalue weighted by molar-refractivity contribution is 5.95. The first-order valence-electron chi connectivity index (χ1n) is 12.2. The predicted octanol–water partition coefficient (Wildman–Crippen LogP) is 3.30.